The minimum atomic E-state index is -0.734. The van der Waals surface area contributed by atoms with E-state index in [-0.39, 0.29) is 17.9 Å². The summed E-state index contributed by atoms with van der Waals surface area (Å²) in [6.07, 6.45) is 2.07. The molecule has 152 valence electrons. The van der Waals surface area contributed by atoms with Crippen molar-refractivity contribution in [2.75, 3.05) is 17.6 Å². The van der Waals surface area contributed by atoms with Crippen LogP contribution in [-0.2, 0) is 16.6 Å². The second-order valence-electron chi connectivity index (χ2n) is 7.83. The van der Waals surface area contributed by atoms with E-state index in [1.807, 2.05) is 47.4 Å². The molecule has 2 atom stereocenters. The SMILES string of the molecule is Nc1nc(C(=O)N2CC[C@]3(C(=O)Nc4ccccc43)[C@@H]2CCc2ccccc2)cs1. The molecule has 30 heavy (non-hydrogen) atoms. The van der Waals surface area contributed by atoms with Gasteiger partial charge in [-0.05, 0) is 36.5 Å². The summed E-state index contributed by atoms with van der Waals surface area (Å²) in [4.78, 5) is 32.7. The number of rotatable bonds is 4. The number of nitrogens with two attached hydrogens (primary N) is 1. The van der Waals surface area contributed by atoms with E-state index in [0.29, 0.717) is 30.2 Å². The van der Waals surface area contributed by atoms with Gasteiger partial charge in [0.25, 0.3) is 5.91 Å². The summed E-state index contributed by atoms with van der Waals surface area (Å²) in [5.41, 5.74) is 8.40. The number of hydrogen-bond acceptors (Lipinski definition) is 5. The van der Waals surface area contributed by atoms with Crippen molar-refractivity contribution < 1.29 is 9.59 Å². The number of anilines is 2. The summed E-state index contributed by atoms with van der Waals surface area (Å²) in [6, 6.07) is 17.7. The first-order chi connectivity index (χ1) is 14.6. The Morgan fingerprint density at radius 3 is 2.73 bits per heavy atom. The molecule has 0 saturated carbocycles. The van der Waals surface area contributed by atoms with Crippen LogP contribution in [0.4, 0.5) is 10.8 Å². The number of carbonyl (C=O) groups is 2. The number of fused-ring (bicyclic) bond motifs is 2. The number of amides is 2. The van der Waals surface area contributed by atoms with E-state index in [2.05, 4.69) is 22.4 Å². The lowest BCUT2D eigenvalue weighted by molar-refractivity contribution is -0.121. The molecular formula is C23H22N4O2S. The minimum absolute atomic E-state index is 0.0187. The van der Waals surface area contributed by atoms with E-state index >= 15 is 0 Å². The van der Waals surface area contributed by atoms with Crippen LogP contribution in [-0.4, -0.2) is 34.3 Å². The van der Waals surface area contributed by atoms with Crippen molar-refractivity contribution in [3.05, 3.63) is 76.8 Å². The number of nitrogen functional groups attached to an aromatic ring is 1. The Hall–Kier alpha value is -3.19. The molecule has 0 unspecified atom stereocenters. The van der Waals surface area contributed by atoms with Gasteiger partial charge in [-0.1, -0.05) is 48.5 Å². The molecule has 1 aromatic heterocycles. The molecule has 1 saturated heterocycles. The van der Waals surface area contributed by atoms with E-state index in [1.54, 1.807) is 5.38 Å². The number of para-hydroxylation sites is 1. The Bertz CT molecular complexity index is 1110. The van der Waals surface area contributed by atoms with Gasteiger partial charge in [-0.25, -0.2) is 4.98 Å². The first-order valence-electron chi connectivity index (χ1n) is 10.1. The number of aryl methyl sites for hydroxylation is 1. The first kappa shape index (κ1) is 18.8. The molecule has 2 aliphatic rings. The van der Waals surface area contributed by atoms with Crippen LogP contribution >= 0.6 is 11.3 Å². The van der Waals surface area contributed by atoms with Crippen LogP contribution in [0.25, 0.3) is 0 Å². The summed E-state index contributed by atoms with van der Waals surface area (Å²) in [6.45, 7) is 0.511. The average Bonchev–Trinajstić information content (AvgIpc) is 3.44. The molecule has 5 rings (SSSR count). The van der Waals surface area contributed by atoms with Gasteiger partial charge in [0.1, 0.15) is 5.69 Å². The third kappa shape index (κ3) is 2.89. The highest BCUT2D eigenvalue weighted by Crippen LogP contribution is 2.49. The smallest absolute Gasteiger partial charge is 0.273 e. The molecule has 3 heterocycles. The Morgan fingerprint density at radius 1 is 1.20 bits per heavy atom. The minimum Gasteiger partial charge on any atom is -0.375 e. The second-order valence-corrected chi connectivity index (χ2v) is 8.72. The van der Waals surface area contributed by atoms with E-state index in [0.717, 1.165) is 17.7 Å². The normalized spacial score (nSPS) is 22.3. The fraction of sp³-hybridized carbons (Fsp3) is 0.261. The zero-order valence-corrected chi connectivity index (χ0v) is 17.2. The van der Waals surface area contributed by atoms with Crippen LogP contribution in [0.3, 0.4) is 0 Å². The quantitative estimate of drug-likeness (QED) is 0.679. The number of hydrogen-bond donors (Lipinski definition) is 2. The monoisotopic (exact) mass is 418 g/mol. The standard InChI is InChI=1S/C23H22N4O2S/c24-22-26-18(14-30-22)20(28)27-13-12-23(16-8-4-5-9-17(16)25-21(23)29)19(27)11-10-15-6-2-1-3-7-15/h1-9,14,19H,10-13H2,(H2,24,26)(H,25,29)/t19-,23+/m0/s1. The Morgan fingerprint density at radius 2 is 1.97 bits per heavy atom. The second kappa shape index (κ2) is 7.25. The van der Waals surface area contributed by atoms with E-state index < -0.39 is 5.41 Å². The fourth-order valence-corrected chi connectivity index (χ4v) is 5.46. The van der Waals surface area contributed by atoms with Crippen molar-refractivity contribution in [3.63, 3.8) is 0 Å². The van der Waals surface area contributed by atoms with Crippen molar-refractivity contribution in [2.24, 2.45) is 0 Å². The van der Waals surface area contributed by atoms with Crippen LogP contribution in [0.5, 0.6) is 0 Å². The molecule has 3 aromatic rings. The lowest BCUT2D eigenvalue weighted by Crippen LogP contribution is -2.49. The molecule has 0 bridgehead atoms. The van der Waals surface area contributed by atoms with Crippen molar-refractivity contribution in [2.45, 2.75) is 30.7 Å². The predicted octanol–water partition coefficient (Wildman–Crippen LogP) is 3.46. The van der Waals surface area contributed by atoms with Crippen LogP contribution in [0.2, 0.25) is 0 Å². The maximum absolute atomic E-state index is 13.3. The first-order valence-corrected chi connectivity index (χ1v) is 10.9. The van der Waals surface area contributed by atoms with Gasteiger partial charge in [-0.15, -0.1) is 11.3 Å². The summed E-state index contributed by atoms with van der Waals surface area (Å²) in [7, 11) is 0. The number of nitrogens with one attached hydrogen (secondary N) is 1. The van der Waals surface area contributed by atoms with E-state index in [1.165, 1.54) is 16.9 Å². The number of thiazole rings is 1. The number of aromatic nitrogens is 1. The molecule has 3 N–H and O–H groups in total. The zero-order valence-electron chi connectivity index (χ0n) is 16.4. The number of likely N-dealkylation sites (tertiary alicyclic amines) is 1. The number of benzene rings is 2. The van der Waals surface area contributed by atoms with Crippen molar-refractivity contribution in [1.29, 1.82) is 0 Å². The topological polar surface area (TPSA) is 88.3 Å². The number of carbonyl (C=O) groups excluding carboxylic acids is 2. The van der Waals surface area contributed by atoms with Gasteiger partial charge in [-0.2, -0.15) is 0 Å². The highest BCUT2D eigenvalue weighted by molar-refractivity contribution is 7.13. The zero-order chi connectivity index (χ0) is 20.7. The highest BCUT2D eigenvalue weighted by atomic mass is 32.1. The van der Waals surface area contributed by atoms with Gasteiger partial charge in [0, 0.05) is 17.6 Å². The summed E-state index contributed by atoms with van der Waals surface area (Å²) >= 11 is 1.26. The third-order valence-corrected chi connectivity index (χ3v) is 6.98. The molecule has 6 nitrogen and oxygen atoms in total. The number of nitrogens with zero attached hydrogens (tertiary/aromatic N) is 2. The lowest BCUT2D eigenvalue weighted by Gasteiger charge is -2.34. The van der Waals surface area contributed by atoms with Gasteiger partial charge in [-0.3, -0.25) is 9.59 Å². The van der Waals surface area contributed by atoms with Gasteiger partial charge in [0.2, 0.25) is 5.91 Å². The molecular weight excluding hydrogens is 396 g/mol. The van der Waals surface area contributed by atoms with Crippen molar-refractivity contribution in [1.82, 2.24) is 9.88 Å². The molecule has 2 amide bonds. The van der Waals surface area contributed by atoms with Crippen LogP contribution in [0, 0.1) is 0 Å². The average molecular weight is 419 g/mol. The van der Waals surface area contributed by atoms with Crippen molar-refractivity contribution in [3.8, 4) is 0 Å². The van der Waals surface area contributed by atoms with Crippen LogP contribution in [0.1, 0.15) is 34.5 Å². The molecule has 7 heteroatoms. The van der Waals surface area contributed by atoms with Crippen LogP contribution < -0.4 is 11.1 Å². The third-order valence-electron chi connectivity index (χ3n) is 6.30. The van der Waals surface area contributed by atoms with Crippen LogP contribution in [0.15, 0.2) is 60.0 Å². The van der Waals surface area contributed by atoms with Gasteiger partial charge in [0.05, 0.1) is 11.5 Å². The summed E-state index contributed by atoms with van der Waals surface area (Å²) < 4.78 is 0. The summed E-state index contributed by atoms with van der Waals surface area (Å²) in [5.74, 6) is -0.176. The maximum atomic E-state index is 13.3. The Balaban J connectivity index is 1.54. The van der Waals surface area contributed by atoms with Gasteiger partial charge >= 0.3 is 0 Å². The molecule has 0 aliphatic carbocycles. The van der Waals surface area contributed by atoms with Gasteiger partial charge in [0.15, 0.2) is 5.13 Å². The molecule has 2 aliphatic heterocycles. The Labute approximate surface area is 178 Å². The van der Waals surface area contributed by atoms with E-state index in [4.69, 9.17) is 5.73 Å². The van der Waals surface area contributed by atoms with Crippen molar-refractivity contribution >= 4 is 34.0 Å². The summed E-state index contributed by atoms with van der Waals surface area (Å²) in [5, 5.41) is 5.12. The molecule has 2 aromatic carbocycles. The largest absolute Gasteiger partial charge is 0.375 e. The molecule has 0 radical (unpaired) electrons. The maximum Gasteiger partial charge on any atom is 0.273 e. The molecule has 1 fully saturated rings. The Kier molecular flexibility index (Phi) is 4.55. The predicted molar refractivity (Wildman–Crippen MR) is 117 cm³/mol. The lowest BCUT2D eigenvalue weighted by atomic mass is 9.73. The van der Waals surface area contributed by atoms with Gasteiger partial charge < -0.3 is 16.0 Å². The fourth-order valence-electron chi connectivity index (χ4n) is 4.93. The molecule has 1 spiro atoms. The van der Waals surface area contributed by atoms with E-state index in [9.17, 15) is 9.59 Å². The highest BCUT2D eigenvalue weighted by Gasteiger charge is 2.58.